The molecule has 0 bridgehead atoms. The van der Waals surface area contributed by atoms with Crippen molar-refractivity contribution in [3.8, 4) is 0 Å². The Labute approximate surface area is 101 Å². The summed E-state index contributed by atoms with van der Waals surface area (Å²) in [6.07, 6.45) is 2.76. The van der Waals surface area contributed by atoms with Gasteiger partial charge in [0, 0.05) is 18.1 Å². The third-order valence-electron chi connectivity index (χ3n) is 2.11. The molecule has 1 unspecified atom stereocenters. The van der Waals surface area contributed by atoms with Crippen LogP contribution in [0, 0.1) is 5.92 Å². The van der Waals surface area contributed by atoms with E-state index in [4.69, 9.17) is 5.73 Å². The van der Waals surface area contributed by atoms with Gasteiger partial charge in [-0.05, 0) is 12.3 Å². The number of nitrogens with zero attached hydrogens (tertiary/aromatic N) is 2. The first-order valence-electron chi connectivity index (χ1n) is 5.59. The Kier molecular flexibility index (Phi) is 5.25. The van der Waals surface area contributed by atoms with Gasteiger partial charge in [0.25, 0.3) is 0 Å². The lowest BCUT2D eigenvalue weighted by Crippen LogP contribution is -2.35. The van der Waals surface area contributed by atoms with E-state index >= 15 is 0 Å². The molecule has 1 rings (SSSR count). The molecule has 90 valence electrons. The number of hydrogen-bond acceptors (Lipinski definition) is 3. The average molecular weight is 240 g/mol. The molecule has 0 saturated carbocycles. The molecule has 0 aliphatic carbocycles. The van der Waals surface area contributed by atoms with Crippen LogP contribution < -0.4 is 11.1 Å². The molecule has 0 aliphatic heterocycles. The highest BCUT2D eigenvalue weighted by molar-refractivity contribution is 7.09. The Bertz CT molecular complexity index is 319. The standard InChI is InChI=1S/C11H20N4S/c1-4-9(10-13-5-6-16-10)15-11(12)14-7-8(2)3/h5-6,8-9H,4,7H2,1-3H3,(H3,12,14,15). The fourth-order valence-corrected chi connectivity index (χ4v) is 2.02. The van der Waals surface area contributed by atoms with E-state index in [0.29, 0.717) is 11.9 Å². The number of rotatable bonds is 5. The Morgan fingerprint density at radius 1 is 1.62 bits per heavy atom. The lowest BCUT2D eigenvalue weighted by atomic mass is 10.2. The zero-order valence-electron chi connectivity index (χ0n) is 10.1. The van der Waals surface area contributed by atoms with Crippen molar-refractivity contribution in [2.24, 2.45) is 16.6 Å². The molecule has 3 N–H and O–H groups in total. The molecule has 5 heteroatoms. The van der Waals surface area contributed by atoms with E-state index in [1.807, 2.05) is 11.6 Å². The average Bonchev–Trinajstić information content (AvgIpc) is 2.76. The highest BCUT2D eigenvalue weighted by Crippen LogP contribution is 2.18. The first-order valence-corrected chi connectivity index (χ1v) is 6.47. The minimum atomic E-state index is 0.177. The van der Waals surface area contributed by atoms with Crippen molar-refractivity contribution in [1.82, 2.24) is 10.3 Å². The largest absolute Gasteiger partial charge is 0.370 e. The SMILES string of the molecule is CCC(NC(N)=NCC(C)C)c1nccs1. The molecule has 0 spiro atoms. The summed E-state index contributed by atoms with van der Waals surface area (Å²) < 4.78 is 0. The van der Waals surface area contributed by atoms with Gasteiger partial charge in [-0.1, -0.05) is 20.8 Å². The van der Waals surface area contributed by atoms with Gasteiger partial charge in [-0.3, -0.25) is 4.99 Å². The summed E-state index contributed by atoms with van der Waals surface area (Å²) in [5.74, 6) is 1.04. The number of aliphatic imine (C=N–C) groups is 1. The summed E-state index contributed by atoms with van der Waals surface area (Å²) >= 11 is 1.64. The van der Waals surface area contributed by atoms with Gasteiger partial charge in [-0.15, -0.1) is 11.3 Å². The maximum atomic E-state index is 5.82. The molecule has 1 aromatic heterocycles. The van der Waals surface area contributed by atoms with Gasteiger partial charge < -0.3 is 11.1 Å². The Morgan fingerprint density at radius 2 is 2.38 bits per heavy atom. The van der Waals surface area contributed by atoms with E-state index < -0.39 is 0 Å². The van der Waals surface area contributed by atoms with Gasteiger partial charge >= 0.3 is 0 Å². The van der Waals surface area contributed by atoms with Crippen LogP contribution in [0.5, 0.6) is 0 Å². The molecule has 0 aromatic carbocycles. The van der Waals surface area contributed by atoms with Crippen LogP contribution in [0.2, 0.25) is 0 Å². The van der Waals surface area contributed by atoms with Crippen molar-refractivity contribution in [1.29, 1.82) is 0 Å². The van der Waals surface area contributed by atoms with Gasteiger partial charge in [0.1, 0.15) is 5.01 Å². The van der Waals surface area contributed by atoms with Crippen molar-refractivity contribution in [3.05, 3.63) is 16.6 Å². The van der Waals surface area contributed by atoms with Crippen LogP contribution >= 0.6 is 11.3 Å². The summed E-state index contributed by atoms with van der Waals surface area (Å²) in [7, 11) is 0. The first-order chi connectivity index (χ1) is 7.63. The van der Waals surface area contributed by atoms with Crippen LogP contribution in [-0.4, -0.2) is 17.5 Å². The summed E-state index contributed by atoms with van der Waals surface area (Å²) in [6, 6.07) is 0.177. The molecule has 0 fully saturated rings. The maximum Gasteiger partial charge on any atom is 0.189 e. The van der Waals surface area contributed by atoms with Crippen molar-refractivity contribution in [2.45, 2.75) is 33.2 Å². The monoisotopic (exact) mass is 240 g/mol. The smallest absolute Gasteiger partial charge is 0.189 e. The van der Waals surface area contributed by atoms with Crippen LogP contribution in [0.3, 0.4) is 0 Å². The summed E-state index contributed by atoms with van der Waals surface area (Å²) in [5, 5.41) is 6.23. The van der Waals surface area contributed by atoms with E-state index in [9.17, 15) is 0 Å². The van der Waals surface area contributed by atoms with E-state index in [-0.39, 0.29) is 6.04 Å². The van der Waals surface area contributed by atoms with E-state index in [1.54, 1.807) is 11.3 Å². The molecule has 0 radical (unpaired) electrons. The van der Waals surface area contributed by atoms with Gasteiger partial charge in [0.2, 0.25) is 0 Å². The normalized spacial score (nSPS) is 14.1. The second kappa shape index (κ2) is 6.48. The van der Waals surface area contributed by atoms with Gasteiger partial charge in [-0.2, -0.15) is 0 Å². The van der Waals surface area contributed by atoms with Crippen molar-refractivity contribution < 1.29 is 0 Å². The minimum absolute atomic E-state index is 0.177. The lowest BCUT2D eigenvalue weighted by molar-refractivity contribution is 0.608. The number of aromatic nitrogens is 1. The second-order valence-electron chi connectivity index (χ2n) is 4.10. The zero-order chi connectivity index (χ0) is 12.0. The molecular weight excluding hydrogens is 220 g/mol. The van der Waals surface area contributed by atoms with Crippen molar-refractivity contribution in [2.75, 3.05) is 6.54 Å². The third-order valence-corrected chi connectivity index (χ3v) is 3.00. The molecule has 0 amide bonds. The molecule has 16 heavy (non-hydrogen) atoms. The number of guanidine groups is 1. The molecular formula is C11H20N4S. The van der Waals surface area contributed by atoms with Crippen LogP contribution in [0.1, 0.15) is 38.2 Å². The zero-order valence-corrected chi connectivity index (χ0v) is 10.9. The molecule has 1 heterocycles. The third kappa shape index (κ3) is 4.18. The van der Waals surface area contributed by atoms with Crippen LogP contribution in [-0.2, 0) is 0 Å². The van der Waals surface area contributed by atoms with Crippen molar-refractivity contribution in [3.63, 3.8) is 0 Å². The molecule has 0 aliphatic rings. The van der Waals surface area contributed by atoms with E-state index in [0.717, 1.165) is 18.0 Å². The topological polar surface area (TPSA) is 63.3 Å². The number of nitrogens with two attached hydrogens (primary N) is 1. The Hall–Kier alpha value is -1.10. The maximum absolute atomic E-state index is 5.82. The quantitative estimate of drug-likeness (QED) is 0.612. The second-order valence-corrected chi connectivity index (χ2v) is 5.02. The van der Waals surface area contributed by atoms with Gasteiger partial charge in [0.15, 0.2) is 5.96 Å². The Balaban J connectivity index is 2.54. The van der Waals surface area contributed by atoms with Crippen LogP contribution in [0.25, 0.3) is 0 Å². The molecule has 1 aromatic rings. The predicted octanol–water partition coefficient (Wildman–Crippen LogP) is 2.15. The number of nitrogens with one attached hydrogen (secondary N) is 1. The number of hydrogen-bond donors (Lipinski definition) is 2. The lowest BCUT2D eigenvalue weighted by Gasteiger charge is -2.15. The minimum Gasteiger partial charge on any atom is -0.370 e. The Morgan fingerprint density at radius 3 is 2.88 bits per heavy atom. The van der Waals surface area contributed by atoms with Crippen LogP contribution in [0.15, 0.2) is 16.6 Å². The van der Waals surface area contributed by atoms with E-state index in [1.165, 1.54) is 0 Å². The highest BCUT2D eigenvalue weighted by Gasteiger charge is 2.11. The fourth-order valence-electron chi connectivity index (χ4n) is 1.25. The predicted molar refractivity (Wildman–Crippen MR) is 69.6 cm³/mol. The molecule has 0 saturated heterocycles. The highest BCUT2D eigenvalue weighted by atomic mass is 32.1. The van der Waals surface area contributed by atoms with E-state index in [2.05, 4.69) is 36.1 Å². The van der Waals surface area contributed by atoms with Crippen molar-refractivity contribution >= 4 is 17.3 Å². The molecule has 1 atom stereocenters. The summed E-state index contributed by atoms with van der Waals surface area (Å²) in [6.45, 7) is 7.10. The fraction of sp³-hybridized carbons (Fsp3) is 0.636. The molecule has 4 nitrogen and oxygen atoms in total. The van der Waals surface area contributed by atoms with Crippen LogP contribution in [0.4, 0.5) is 0 Å². The summed E-state index contributed by atoms with van der Waals surface area (Å²) in [5.41, 5.74) is 5.82. The van der Waals surface area contributed by atoms with Gasteiger partial charge in [0.05, 0.1) is 6.04 Å². The van der Waals surface area contributed by atoms with Gasteiger partial charge in [-0.25, -0.2) is 4.98 Å². The first kappa shape index (κ1) is 13.0. The summed E-state index contributed by atoms with van der Waals surface area (Å²) in [4.78, 5) is 8.56. The number of thiazole rings is 1.